The highest BCUT2D eigenvalue weighted by Gasteiger charge is 2.17. The molecule has 1 atom stereocenters. The van der Waals surface area contributed by atoms with Gasteiger partial charge in [-0.3, -0.25) is 16.0 Å². The van der Waals surface area contributed by atoms with E-state index in [9.17, 15) is 4.39 Å². The van der Waals surface area contributed by atoms with Crippen molar-refractivity contribution in [3.05, 3.63) is 46.8 Å². The molecule has 7 heteroatoms. The molecule has 1 heterocycles. The maximum absolute atomic E-state index is 13.8. The highest BCUT2D eigenvalue weighted by Crippen LogP contribution is 2.21. The van der Waals surface area contributed by atoms with Crippen LogP contribution in [0.1, 0.15) is 24.7 Å². The summed E-state index contributed by atoms with van der Waals surface area (Å²) in [5.41, 5.74) is 3.17. The molecule has 0 spiro atoms. The molecule has 3 N–H and O–H groups in total. The number of aromatic nitrogens is 3. The van der Waals surface area contributed by atoms with Crippen LogP contribution in [-0.2, 0) is 19.4 Å². The Labute approximate surface area is 128 Å². The first-order valence-corrected chi connectivity index (χ1v) is 7.29. The number of nitrogens with zero attached hydrogens (tertiary/aromatic N) is 3. The summed E-state index contributed by atoms with van der Waals surface area (Å²) < 4.78 is 15.7. The molecule has 0 saturated carbocycles. The van der Waals surface area contributed by atoms with Crippen LogP contribution in [0.4, 0.5) is 4.39 Å². The summed E-state index contributed by atoms with van der Waals surface area (Å²) in [7, 11) is 0. The minimum Gasteiger partial charge on any atom is -0.271 e. The third-order valence-electron chi connectivity index (χ3n) is 3.31. The van der Waals surface area contributed by atoms with E-state index >= 15 is 0 Å². The molecule has 0 bridgehead atoms. The topological polar surface area (TPSA) is 68.8 Å². The van der Waals surface area contributed by atoms with E-state index in [0.717, 1.165) is 18.8 Å². The molecule has 1 unspecified atom stereocenters. The van der Waals surface area contributed by atoms with Crippen molar-refractivity contribution in [3.8, 4) is 0 Å². The number of hydrogen-bond donors (Lipinski definition) is 2. The van der Waals surface area contributed by atoms with E-state index in [1.165, 1.54) is 12.4 Å². The molecule has 0 aliphatic carbocycles. The Morgan fingerprint density at radius 3 is 2.90 bits per heavy atom. The van der Waals surface area contributed by atoms with E-state index < -0.39 is 0 Å². The second-order valence-corrected chi connectivity index (χ2v) is 5.28. The van der Waals surface area contributed by atoms with Crippen LogP contribution in [0, 0.1) is 5.82 Å². The van der Waals surface area contributed by atoms with Crippen LogP contribution in [0.2, 0.25) is 5.02 Å². The lowest BCUT2D eigenvalue weighted by Gasteiger charge is -2.17. The van der Waals surface area contributed by atoms with Gasteiger partial charge in [0.15, 0.2) is 0 Å². The van der Waals surface area contributed by atoms with Gasteiger partial charge in [0.2, 0.25) is 0 Å². The van der Waals surface area contributed by atoms with Crippen molar-refractivity contribution in [1.82, 2.24) is 20.2 Å². The van der Waals surface area contributed by atoms with Crippen LogP contribution in [-0.4, -0.2) is 20.8 Å². The summed E-state index contributed by atoms with van der Waals surface area (Å²) >= 11 is 6.05. The monoisotopic (exact) mass is 311 g/mol. The number of benzene rings is 1. The summed E-state index contributed by atoms with van der Waals surface area (Å²) in [5.74, 6) is 6.09. The lowest BCUT2D eigenvalue weighted by molar-refractivity contribution is 0.474. The van der Waals surface area contributed by atoms with Gasteiger partial charge >= 0.3 is 0 Å². The number of hydrazine groups is 1. The first kappa shape index (κ1) is 15.9. The third kappa shape index (κ3) is 4.00. The zero-order valence-electron chi connectivity index (χ0n) is 11.9. The summed E-state index contributed by atoms with van der Waals surface area (Å²) in [6, 6.07) is 4.49. The van der Waals surface area contributed by atoms with Gasteiger partial charge in [0.1, 0.15) is 18.0 Å². The van der Waals surface area contributed by atoms with Crippen molar-refractivity contribution in [2.24, 2.45) is 5.84 Å². The van der Waals surface area contributed by atoms with Gasteiger partial charge in [0, 0.05) is 29.6 Å². The summed E-state index contributed by atoms with van der Waals surface area (Å²) in [6.07, 6.45) is 3.44. The Morgan fingerprint density at radius 2 is 2.24 bits per heavy atom. The largest absolute Gasteiger partial charge is 0.271 e. The Morgan fingerprint density at radius 1 is 1.43 bits per heavy atom. The number of nitrogens with two attached hydrogens (primary N) is 1. The standard InChI is InChI=1S/C14H19ClFN5/c1-2-6-21-14(18-9-19-21)8-10(20-17)7-11-12(15)4-3-5-13(11)16/h3-5,9-10,20H,2,6-8,17H2,1H3. The zero-order chi connectivity index (χ0) is 15.2. The fraction of sp³-hybridized carbons (Fsp3) is 0.429. The second kappa shape index (κ2) is 7.49. The van der Waals surface area contributed by atoms with Gasteiger partial charge in [0.25, 0.3) is 0 Å². The average molecular weight is 312 g/mol. The summed E-state index contributed by atoms with van der Waals surface area (Å²) in [5, 5.41) is 4.58. The second-order valence-electron chi connectivity index (χ2n) is 4.87. The van der Waals surface area contributed by atoms with E-state index in [2.05, 4.69) is 22.4 Å². The molecule has 0 aliphatic heterocycles. The highest BCUT2D eigenvalue weighted by molar-refractivity contribution is 6.31. The van der Waals surface area contributed by atoms with Crippen molar-refractivity contribution in [2.75, 3.05) is 0 Å². The Balaban J connectivity index is 2.11. The Bertz CT molecular complexity index is 566. The molecule has 0 saturated heterocycles. The van der Waals surface area contributed by atoms with E-state index in [0.29, 0.717) is 23.4 Å². The van der Waals surface area contributed by atoms with Gasteiger partial charge in [-0.2, -0.15) is 5.10 Å². The summed E-state index contributed by atoms with van der Waals surface area (Å²) in [4.78, 5) is 4.24. The van der Waals surface area contributed by atoms with Crippen molar-refractivity contribution in [2.45, 2.75) is 38.8 Å². The van der Waals surface area contributed by atoms with E-state index in [1.54, 1.807) is 12.1 Å². The Hall–Kier alpha value is -1.50. The molecule has 114 valence electrons. The molecule has 1 aromatic carbocycles. The molecule has 0 radical (unpaired) electrons. The van der Waals surface area contributed by atoms with Crippen LogP contribution >= 0.6 is 11.6 Å². The van der Waals surface area contributed by atoms with Crippen LogP contribution in [0.25, 0.3) is 0 Å². The lowest BCUT2D eigenvalue weighted by atomic mass is 10.0. The minimum absolute atomic E-state index is 0.167. The number of halogens is 2. The molecule has 21 heavy (non-hydrogen) atoms. The van der Waals surface area contributed by atoms with Crippen LogP contribution in [0.15, 0.2) is 24.5 Å². The van der Waals surface area contributed by atoms with Crippen molar-refractivity contribution < 1.29 is 4.39 Å². The first-order chi connectivity index (χ1) is 10.2. The van der Waals surface area contributed by atoms with E-state index in [4.69, 9.17) is 17.4 Å². The lowest BCUT2D eigenvalue weighted by Crippen LogP contribution is -2.39. The van der Waals surface area contributed by atoms with Crippen LogP contribution < -0.4 is 11.3 Å². The van der Waals surface area contributed by atoms with E-state index in [1.807, 2.05) is 4.68 Å². The molecule has 2 aromatic rings. The number of aryl methyl sites for hydroxylation is 1. The van der Waals surface area contributed by atoms with Crippen molar-refractivity contribution in [3.63, 3.8) is 0 Å². The number of rotatable bonds is 7. The van der Waals surface area contributed by atoms with Gasteiger partial charge in [-0.1, -0.05) is 24.6 Å². The molecular formula is C14H19ClFN5. The normalized spacial score (nSPS) is 12.6. The predicted molar refractivity (Wildman–Crippen MR) is 80.2 cm³/mol. The first-order valence-electron chi connectivity index (χ1n) is 6.91. The minimum atomic E-state index is -0.322. The summed E-state index contributed by atoms with van der Waals surface area (Å²) in [6.45, 7) is 2.87. The fourth-order valence-electron chi connectivity index (χ4n) is 2.23. The van der Waals surface area contributed by atoms with E-state index in [-0.39, 0.29) is 11.9 Å². The maximum atomic E-state index is 13.8. The van der Waals surface area contributed by atoms with Crippen molar-refractivity contribution >= 4 is 11.6 Å². The molecule has 0 aliphatic rings. The molecule has 0 fully saturated rings. The number of hydrogen-bond acceptors (Lipinski definition) is 4. The maximum Gasteiger partial charge on any atom is 0.138 e. The average Bonchev–Trinajstić information content (AvgIpc) is 2.89. The predicted octanol–water partition coefficient (Wildman–Crippen LogP) is 2.10. The van der Waals surface area contributed by atoms with Crippen molar-refractivity contribution in [1.29, 1.82) is 0 Å². The SMILES string of the molecule is CCCn1ncnc1CC(Cc1c(F)cccc1Cl)NN. The Kier molecular flexibility index (Phi) is 5.67. The van der Waals surface area contributed by atoms with Gasteiger partial charge in [0.05, 0.1) is 0 Å². The molecule has 1 aromatic heterocycles. The highest BCUT2D eigenvalue weighted by atomic mass is 35.5. The smallest absolute Gasteiger partial charge is 0.138 e. The zero-order valence-corrected chi connectivity index (χ0v) is 12.6. The molecule has 0 amide bonds. The number of nitrogens with one attached hydrogen (secondary N) is 1. The van der Waals surface area contributed by atoms with Gasteiger partial charge in [-0.05, 0) is 25.0 Å². The molecule has 2 rings (SSSR count). The third-order valence-corrected chi connectivity index (χ3v) is 3.66. The fourth-order valence-corrected chi connectivity index (χ4v) is 2.47. The van der Waals surface area contributed by atoms with Crippen LogP contribution in [0.5, 0.6) is 0 Å². The molecule has 5 nitrogen and oxygen atoms in total. The van der Waals surface area contributed by atoms with Gasteiger partial charge in [-0.15, -0.1) is 0 Å². The quantitative estimate of drug-likeness (QED) is 0.607. The van der Waals surface area contributed by atoms with Gasteiger partial charge in [-0.25, -0.2) is 9.37 Å². The van der Waals surface area contributed by atoms with Gasteiger partial charge < -0.3 is 0 Å². The molecular weight excluding hydrogens is 293 g/mol. The van der Waals surface area contributed by atoms with Crippen LogP contribution in [0.3, 0.4) is 0 Å².